The number of halogens is 1. The van der Waals surface area contributed by atoms with Crippen LogP contribution in [-0.4, -0.2) is 68.0 Å². The van der Waals surface area contributed by atoms with Crippen LogP contribution in [0.25, 0.3) is 0 Å². The Morgan fingerprint density at radius 2 is 2.00 bits per heavy atom. The lowest BCUT2D eigenvalue weighted by atomic mass is 9.92. The number of carbonyl (C=O) groups is 1. The molecular formula is C26H37FN4O3. The van der Waals surface area contributed by atoms with Gasteiger partial charge in [0.2, 0.25) is 0 Å². The van der Waals surface area contributed by atoms with Gasteiger partial charge in [0.05, 0.1) is 18.7 Å². The summed E-state index contributed by atoms with van der Waals surface area (Å²) in [7, 11) is 0. The zero-order chi connectivity index (χ0) is 23.9. The number of carbonyl (C=O) groups excluding carboxylic acids is 1. The molecule has 3 heterocycles. The van der Waals surface area contributed by atoms with Crippen molar-refractivity contribution in [3.63, 3.8) is 0 Å². The Kier molecular flexibility index (Phi) is 8.53. The van der Waals surface area contributed by atoms with Gasteiger partial charge in [-0.05, 0) is 56.6 Å². The second kappa shape index (κ2) is 11.8. The molecule has 3 aliphatic rings. The molecule has 2 fully saturated rings. The molecule has 4 rings (SSSR count). The van der Waals surface area contributed by atoms with E-state index in [0.29, 0.717) is 37.4 Å². The maximum absolute atomic E-state index is 14.5. The zero-order valence-corrected chi connectivity index (χ0v) is 20.4. The van der Waals surface area contributed by atoms with Crippen LogP contribution in [0.5, 0.6) is 5.75 Å². The van der Waals surface area contributed by atoms with Gasteiger partial charge in [-0.25, -0.2) is 9.38 Å². The Bertz CT molecular complexity index is 903. The molecule has 1 amide bonds. The van der Waals surface area contributed by atoms with Crippen molar-refractivity contribution in [2.45, 2.75) is 58.4 Å². The first-order valence-electron chi connectivity index (χ1n) is 12.7. The number of rotatable bonds is 8. The van der Waals surface area contributed by atoms with Gasteiger partial charge in [-0.1, -0.05) is 13.8 Å². The van der Waals surface area contributed by atoms with Gasteiger partial charge in [0.25, 0.3) is 5.91 Å². The van der Waals surface area contributed by atoms with Crippen molar-refractivity contribution < 1.29 is 18.7 Å². The Morgan fingerprint density at radius 3 is 2.68 bits per heavy atom. The standard InChI is InChI=1S/C26H37FN4O3/c1-18(2)25-28-17-24(30-25)31-11-7-19(8-12-31)4-3-13-34-21-5-6-22(23(27)16-21)26(32)29-20-9-14-33-15-10-20/h5-6,16,18-20H,3-4,7-15,17H2,1-2H3,(H,29,32). The van der Waals surface area contributed by atoms with E-state index in [9.17, 15) is 9.18 Å². The Hall–Kier alpha value is -2.48. The number of amides is 1. The van der Waals surface area contributed by atoms with Crippen molar-refractivity contribution in [2.24, 2.45) is 21.8 Å². The minimum atomic E-state index is -0.547. The molecule has 0 radical (unpaired) electrons. The summed E-state index contributed by atoms with van der Waals surface area (Å²) in [6.45, 7) is 8.86. The molecule has 0 aliphatic carbocycles. The first-order valence-corrected chi connectivity index (χ1v) is 12.7. The van der Waals surface area contributed by atoms with Gasteiger partial charge < -0.3 is 19.7 Å². The summed E-state index contributed by atoms with van der Waals surface area (Å²) in [6.07, 6.45) is 5.86. The van der Waals surface area contributed by atoms with Gasteiger partial charge in [-0.15, -0.1) is 0 Å². The molecular weight excluding hydrogens is 435 g/mol. The molecule has 1 aromatic carbocycles. The monoisotopic (exact) mass is 472 g/mol. The minimum Gasteiger partial charge on any atom is -0.493 e. The molecule has 0 aromatic heterocycles. The van der Waals surface area contributed by atoms with Crippen molar-refractivity contribution in [1.82, 2.24) is 10.2 Å². The summed E-state index contributed by atoms with van der Waals surface area (Å²) in [5.41, 5.74) is 0.0587. The highest BCUT2D eigenvalue weighted by Crippen LogP contribution is 2.24. The zero-order valence-electron chi connectivity index (χ0n) is 20.4. The predicted molar refractivity (Wildman–Crippen MR) is 131 cm³/mol. The third kappa shape index (κ3) is 6.56. The molecule has 186 valence electrons. The average molecular weight is 473 g/mol. The van der Waals surface area contributed by atoms with E-state index >= 15 is 0 Å². The number of nitrogens with zero attached hydrogens (tertiary/aromatic N) is 3. The number of hydrogen-bond donors (Lipinski definition) is 1. The van der Waals surface area contributed by atoms with Gasteiger partial charge in [-0.2, -0.15) is 0 Å². The fourth-order valence-electron chi connectivity index (χ4n) is 4.75. The average Bonchev–Trinajstić information content (AvgIpc) is 3.34. The van der Waals surface area contributed by atoms with E-state index in [4.69, 9.17) is 14.5 Å². The molecule has 1 N–H and O–H groups in total. The predicted octanol–water partition coefficient (Wildman–Crippen LogP) is 4.07. The fourth-order valence-corrected chi connectivity index (χ4v) is 4.75. The highest BCUT2D eigenvalue weighted by Gasteiger charge is 2.24. The molecule has 3 aliphatic heterocycles. The normalized spacial score (nSPS) is 19.8. The van der Waals surface area contributed by atoms with E-state index in [1.165, 1.54) is 12.1 Å². The molecule has 2 saturated heterocycles. The lowest BCUT2D eigenvalue weighted by Crippen LogP contribution is -2.39. The molecule has 0 saturated carbocycles. The molecule has 0 unspecified atom stereocenters. The van der Waals surface area contributed by atoms with Crippen molar-refractivity contribution in [2.75, 3.05) is 39.5 Å². The van der Waals surface area contributed by atoms with E-state index < -0.39 is 5.82 Å². The second-order valence-electron chi connectivity index (χ2n) is 9.78. The summed E-state index contributed by atoms with van der Waals surface area (Å²) < 4.78 is 25.6. The number of nitrogens with one attached hydrogen (secondary N) is 1. The molecule has 0 spiro atoms. The van der Waals surface area contributed by atoms with E-state index in [2.05, 4.69) is 29.1 Å². The highest BCUT2D eigenvalue weighted by molar-refractivity contribution is 6.03. The topological polar surface area (TPSA) is 75.5 Å². The number of amidine groups is 2. The van der Waals surface area contributed by atoms with Crippen LogP contribution < -0.4 is 10.1 Å². The van der Waals surface area contributed by atoms with E-state index in [1.54, 1.807) is 6.07 Å². The summed E-state index contributed by atoms with van der Waals surface area (Å²) >= 11 is 0. The van der Waals surface area contributed by atoms with Crippen LogP contribution >= 0.6 is 0 Å². The molecule has 8 heteroatoms. The summed E-state index contributed by atoms with van der Waals surface area (Å²) in [4.78, 5) is 24.0. The van der Waals surface area contributed by atoms with Gasteiger partial charge >= 0.3 is 0 Å². The maximum Gasteiger partial charge on any atom is 0.254 e. The van der Waals surface area contributed by atoms with Gasteiger partial charge in [0.15, 0.2) is 0 Å². The van der Waals surface area contributed by atoms with Crippen LogP contribution in [0.2, 0.25) is 0 Å². The van der Waals surface area contributed by atoms with Crippen molar-refractivity contribution >= 4 is 17.6 Å². The minimum absolute atomic E-state index is 0.0421. The van der Waals surface area contributed by atoms with Crippen LogP contribution in [0.4, 0.5) is 4.39 Å². The van der Waals surface area contributed by atoms with Gasteiger partial charge in [0.1, 0.15) is 23.2 Å². The molecule has 1 aromatic rings. The third-order valence-corrected chi connectivity index (χ3v) is 6.89. The highest BCUT2D eigenvalue weighted by atomic mass is 19.1. The number of aliphatic imine (C=N–C) groups is 2. The van der Waals surface area contributed by atoms with Crippen LogP contribution in [0.15, 0.2) is 28.2 Å². The molecule has 7 nitrogen and oxygen atoms in total. The van der Waals surface area contributed by atoms with E-state index in [0.717, 1.165) is 69.8 Å². The second-order valence-corrected chi connectivity index (χ2v) is 9.78. The fraction of sp³-hybridized carbons (Fsp3) is 0.654. The third-order valence-electron chi connectivity index (χ3n) is 6.89. The lowest BCUT2D eigenvalue weighted by molar-refractivity contribution is 0.0694. The van der Waals surface area contributed by atoms with Gasteiger partial charge in [0, 0.05) is 44.3 Å². The smallest absolute Gasteiger partial charge is 0.254 e. The lowest BCUT2D eigenvalue weighted by Gasteiger charge is -2.33. The van der Waals surface area contributed by atoms with E-state index in [1.807, 2.05) is 0 Å². The van der Waals surface area contributed by atoms with Crippen LogP contribution in [0.1, 0.15) is 62.7 Å². The van der Waals surface area contributed by atoms with Crippen molar-refractivity contribution in [3.05, 3.63) is 29.6 Å². The molecule has 0 atom stereocenters. The number of piperidine rings is 1. The van der Waals surface area contributed by atoms with Crippen LogP contribution in [0, 0.1) is 17.7 Å². The van der Waals surface area contributed by atoms with Crippen LogP contribution in [0.3, 0.4) is 0 Å². The van der Waals surface area contributed by atoms with E-state index in [-0.39, 0.29) is 17.5 Å². The summed E-state index contributed by atoms with van der Waals surface area (Å²) in [5, 5.41) is 2.89. The Labute approximate surface area is 201 Å². The maximum atomic E-state index is 14.5. The number of ether oxygens (including phenoxy) is 2. The first kappa shape index (κ1) is 24.6. The Balaban J connectivity index is 1.14. The van der Waals surface area contributed by atoms with Crippen molar-refractivity contribution in [3.8, 4) is 5.75 Å². The van der Waals surface area contributed by atoms with Crippen LogP contribution in [-0.2, 0) is 4.74 Å². The Morgan fingerprint density at radius 1 is 1.24 bits per heavy atom. The van der Waals surface area contributed by atoms with Gasteiger partial charge in [-0.3, -0.25) is 9.79 Å². The summed E-state index contributed by atoms with van der Waals surface area (Å²) in [6, 6.07) is 4.54. The number of likely N-dealkylation sites (tertiary alicyclic amines) is 1. The number of hydrogen-bond acceptors (Lipinski definition) is 6. The largest absolute Gasteiger partial charge is 0.493 e. The SMILES string of the molecule is CC(C)C1=NCC(N2CCC(CCCOc3ccc(C(=O)NC4CCOCC4)c(F)c3)CC2)=N1. The molecule has 34 heavy (non-hydrogen) atoms. The van der Waals surface area contributed by atoms with Crippen molar-refractivity contribution in [1.29, 1.82) is 0 Å². The number of benzene rings is 1. The molecule has 0 bridgehead atoms. The summed E-state index contributed by atoms with van der Waals surface area (Å²) in [5.74, 6) is 2.70. The first-order chi connectivity index (χ1) is 16.5. The quantitative estimate of drug-likeness (QED) is 0.579.